The quantitative estimate of drug-likeness (QED) is 0.708. The van der Waals surface area contributed by atoms with E-state index in [1.54, 1.807) is 6.33 Å². The number of piperidine rings is 1. The number of benzene rings is 1. The minimum Gasteiger partial charge on any atom is -0.350 e. The number of halogens is 1. The van der Waals surface area contributed by atoms with Gasteiger partial charge in [-0.25, -0.2) is 0 Å². The lowest BCUT2D eigenvalue weighted by molar-refractivity contribution is -0.134. The van der Waals surface area contributed by atoms with Crippen LogP contribution in [0.2, 0.25) is 5.02 Å². The van der Waals surface area contributed by atoms with Crippen molar-refractivity contribution in [2.75, 3.05) is 32.1 Å². The highest BCUT2D eigenvalue weighted by molar-refractivity contribution is 7.99. The van der Waals surface area contributed by atoms with Gasteiger partial charge in [0, 0.05) is 24.0 Å². The van der Waals surface area contributed by atoms with Crippen LogP contribution in [-0.2, 0) is 14.3 Å². The number of carbonyl (C=O) groups is 1. The fraction of sp³-hybridized carbons (Fsp3) is 0.500. The molecule has 3 heterocycles. The number of nitrogens with zero attached hydrogens (tertiary/aromatic N) is 4. The van der Waals surface area contributed by atoms with Crippen LogP contribution in [0.3, 0.4) is 0 Å². The van der Waals surface area contributed by atoms with Gasteiger partial charge in [0.15, 0.2) is 11.4 Å². The fourth-order valence-corrected chi connectivity index (χ4v) is 4.43. The van der Waals surface area contributed by atoms with Gasteiger partial charge < -0.3 is 14.4 Å². The van der Waals surface area contributed by atoms with E-state index in [1.165, 1.54) is 11.8 Å². The molecule has 2 aliphatic heterocycles. The first kappa shape index (κ1) is 18.7. The maximum Gasteiger partial charge on any atom is 0.233 e. The molecule has 9 heteroatoms. The van der Waals surface area contributed by atoms with Gasteiger partial charge in [0.25, 0.3) is 0 Å². The summed E-state index contributed by atoms with van der Waals surface area (Å²) in [6, 6.07) is 7.46. The van der Waals surface area contributed by atoms with Gasteiger partial charge in [0.1, 0.15) is 6.33 Å². The SMILES string of the molecule is O=C(CSc1nncn1-c1cccc(Cl)c1)N1CCC(C2OCCO2)CC1. The lowest BCUT2D eigenvalue weighted by Gasteiger charge is -2.33. The molecule has 1 aromatic carbocycles. The third kappa shape index (κ3) is 4.45. The average Bonchev–Trinajstić information content (AvgIpc) is 3.38. The Morgan fingerprint density at radius 1 is 1.26 bits per heavy atom. The van der Waals surface area contributed by atoms with Crippen LogP contribution in [0, 0.1) is 5.92 Å². The second-order valence-corrected chi connectivity index (χ2v) is 7.96. The first-order chi connectivity index (χ1) is 13.2. The zero-order valence-electron chi connectivity index (χ0n) is 14.8. The van der Waals surface area contributed by atoms with E-state index in [2.05, 4.69) is 10.2 Å². The van der Waals surface area contributed by atoms with Crippen molar-refractivity contribution in [3.8, 4) is 5.69 Å². The van der Waals surface area contributed by atoms with E-state index < -0.39 is 0 Å². The molecule has 144 valence electrons. The van der Waals surface area contributed by atoms with Gasteiger partial charge >= 0.3 is 0 Å². The van der Waals surface area contributed by atoms with E-state index >= 15 is 0 Å². The summed E-state index contributed by atoms with van der Waals surface area (Å²) >= 11 is 7.45. The van der Waals surface area contributed by atoms with Crippen molar-refractivity contribution in [3.05, 3.63) is 35.6 Å². The Morgan fingerprint density at radius 2 is 2.04 bits per heavy atom. The number of carbonyl (C=O) groups excluding carboxylic acids is 1. The molecule has 0 aliphatic carbocycles. The fourth-order valence-electron chi connectivity index (χ4n) is 3.41. The molecule has 0 N–H and O–H groups in total. The van der Waals surface area contributed by atoms with Crippen LogP contribution < -0.4 is 0 Å². The first-order valence-corrected chi connectivity index (χ1v) is 10.4. The molecule has 1 amide bonds. The third-order valence-electron chi connectivity index (χ3n) is 4.85. The molecule has 27 heavy (non-hydrogen) atoms. The van der Waals surface area contributed by atoms with Crippen LogP contribution in [0.1, 0.15) is 12.8 Å². The molecule has 2 saturated heterocycles. The van der Waals surface area contributed by atoms with E-state index in [0.717, 1.165) is 31.6 Å². The van der Waals surface area contributed by atoms with Crippen LogP contribution >= 0.6 is 23.4 Å². The Morgan fingerprint density at radius 3 is 2.78 bits per heavy atom. The van der Waals surface area contributed by atoms with Gasteiger partial charge in [-0.2, -0.15) is 0 Å². The number of amides is 1. The van der Waals surface area contributed by atoms with Gasteiger partial charge in [-0.15, -0.1) is 10.2 Å². The topological polar surface area (TPSA) is 69.5 Å². The van der Waals surface area contributed by atoms with Crippen molar-refractivity contribution in [1.82, 2.24) is 19.7 Å². The Balaban J connectivity index is 1.31. The number of likely N-dealkylation sites (tertiary alicyclic amines) is 1. The summed E-state index contributed by atoms with van der Waals surface area (Å²) in [4.78, 5) is 14.5. The van der Waals surface area contributed by atoms with Crippen molar-refractivity contribution >= 4 is 29.3 Å². The summed E-state index contributed by atoms with van der Waals surface area (Å²) in [5.41, 5.74) is 0.875. The van der Waals surface area contributed by atoms with Crippen molar-refractivity contribution in [2.45, 2.75) is 24.3 Å². The van der Waals surface area contributed by atoms with E-state index in [-0.39, 0.29) is 12.2 Å². The normalized spacial score (nSPS) is 18.9. The number of aromatic nitrogens is 3. The standard InChI is InChI=1S/C18H21ClN4O3S/c19-14-2-1-3-15(10-14)23-12-20-21-18(23)27-11-16(24)22-6-4-13(5-7-22)17-25-8-9-26-17/h1-3,10,12-13,17H,4-9,11H2. The summed E-state index contributed by atoms with van der Waals surface area (Å²) in [6.07, 6.45) is 3.37. The number of ether oxygens (including phenoxy) is 2. The molecule has 0 saturated carbocycles. The van der Waals surface area contributed by atoms with E-state index in [4.69, 9.17) is 21.1 Å². The highest BCUT2D eigenvalue weighted by Crippen LogP contribution is 2.27. The van der Waals surface area contributed by atoms with Crippen molar-refractivity contribution in [3.63, 3.8) is 0 Å². The largest absolute Gasteiger partial charge is 0.350 e. The van der Waals surface area contributed by atoms with E-state index in [0.29, 0.717) is 35.1 Å². The zero-order valence-corrected chi connectivity index (χ0v) is 16.4. The molecule has 0 radical (unpaired) electrons. The van der Waals surface area contributed by atoms with Gasteiger partial charge in [0.05, 0.1) is 24.7 Å². The number of thioether (sulfide) groups is 1. The molecule has 2 aliphatic rings. The van der Waals surface area contributed by atoms with Gasteiger partial charge in [0.2, 0.25) is 5.91 Å². The highest BCUT2D eigenvalue weighted by atomic mass is 35.5. The van der Waals surface area contributed by atoms with Crippen molar-refractivity contribution in [2.24, 2.45) is 5.92 Å². The smallest absolute Gasteiger partial charge is 0.233 e. The zero-order chi connectivity index (χ0) is 18.6. The van der Waals surface area contributed by atoms with Gasteiger partial charge in [-0.1, -0.05) is 29.4 Å². The summed E-state index contributed by atoms with van der Waals surface area (Å²) in [5.74, 6) is 0.836. The summed E-state index contributed by atoms with van der Waals surface area (Å²) in [5, 5.41) is 9.42. The second-order valence-electron chi connectivity index (χ2n) is 6.58. The van der Waals surface area contributed by atoms with Gasteiger partial charge in [-0.3, -0.25) is 9.36 Å². The Bertz CT molecular complexity index is 788. The van der Waals surface area contributed by atoms with Crippen LogP contribution in [0.15, 0.2) is 35.7 Å². The maximum absolute atomic E-state index is 12.6. The van der Waals surface area contributed by atoms with Crippen LogP contribution in [0.25, 0.3) is 5.69 Å². The molecule has 0 bridgehead atoms. The predicted molar refractivity (Wildman–Crippen MR) is 102 cm³/mol. The molecule has 2 fully saturated rings. The number of hydrogen-bond acceptors (Lipinski definition) is 6. The second kappa shape index (κ2) is 8.60. The highest BCUT2D eigenvalue weighted by Gasteiger charge is 2.31. The van der Waals surface area contributed by atoms with E-state index in [9.17, 15) is 4.79 Å². The van der Waals surface area contributed by atoms with Crippen molar-refractivity contribution < 1.29 is 14.3 Å². The predicted octanol–water partition coefficient (Wildman–Crippen LogP) is 2.62. The summed E-state index contributed by atoms with van der Waals surface area (Å²) in [7, 11) is 0. The molecular formula is C18H21ClN4O3S. The lowest BCUT2D eigenvalue weighted by atomic mass is 9.96. The molecule has 4 rings (SSSR count). The molecule has 0 spiro atoms. The van der Waals surface area contributed by atoms with E-state index in [1.807, 2.05) is 33.7 Å². The average molecular weight is 409 g/mol. The molecular weight excluding hydrogens is 388 g/mol. The van der Waals surface area contributed by atoms with Crippen LogP contribution in [-0.4, -0.2) is 63.9 Å². The van der Waals surface area contributed by atoms with Crippen molar-refractivity contribution in [1.29, 1.82) is 0 Å². The van der Waals surface area contributed by atoms with Crippen LogP contribution in [0.4, 0.5) is 0 Å². The minimum atomic E-state index is -0.0899. The maximum atomic E-state index is 12.6. The molecule has 0 unspecified atom stereocenters. The first-order valence-electron chi connectivity index (χ1n) is 9.00. The molecule has 7 nitrogen and oxygen atoms in total. The Labute approximate surface area is 167 Å². The third-order valence-corrected chi connectivity index (χ3v) is 6.02. The molecule has 1 aromatic heterocycles. The molecule has 2 aromatic rings. The lowest BCUT2D eigenvalue weighted by Crippen LogP contribution is -2.42. The number of rotatable bonds is 5. The Hall–Kier alpha value is -1.61. The molecule has 0 atom stereocenters. The minimum absolute atomic E-state index is 0.0899. The van der Waals surface area contributed by atoms with Gasteiger partial charge in [-0.05, 0) is 31.0 Å². The Kier molecular flexibility index (Phi) is 5.97. The monoisotopic (exact) mass is 408 g/mol. The number of hydrogen-bond donors (Lipinski definition) is 0. The summed E-state index contributed by atoms with van der Waals surface area (Å²) in [6.45, 7) is 2.84. The van der Waals surface area contributed by atoms with Crippen LogP contribution in [0.5, 0.6) is 0 Å². The summed E-state index contributed by atoms with van der Waals surface area (Å²) < 4.78 is 13.0.